The summed E-state index contributed by atoms with van der Waals surface area (Å²) in [7, 11) is 5.20. The molecule has 3 rings (SSSR count). The summed E-state index contributed by atoms with van der Waals surface area (Å²) in [4.78, 5) is 41.2. The summed E-state index contributed by atoms with van der Waals surface area (Å²) in [6.07, 6.45) is 0. The molecule has 0 saturated carbocycles. The first-order valence-electron chi connectivity index (χ1n) is 12.2. The monoisotopic (exact) mass is 588 g/mol. The van der Waals surface area contributed by atoms with E-state index in [1.54, 1.807) is 36.2 Å². The molecule has 0 fully saturated rings. The van der Waals surface area contributed by atoms with Crippen LogP contribution in [0.1, 0.15) is 72.0 Å². The van der Waals surface area contributed by atoms with E-state index in [1.807, 2.05) is 46.7 Å². The van der Waals surface area contributed by atoms with Crippen molar-refractivity contribution >= 4 is 46.2 Å². The fourth-order valence-corrected chi connectivity index (χ4v) is 4.33. The van der Waals surface area contributed by atoms with Crippen LogP contribution in [0.25, 0.3) is 0 Å². The van der Waals surface area contributed by atoms with Crippen molar-refractivity contribution in [2.75, 3.05) is 39.2 Å². The van der Waals surface area contributed by atoms with Crippen LogP contribution in [0.2, 0.25) is 0 Å². The number of carbonyl (C=O) groups excluding carboxylic acids is 3. The Morgan fingerprint density at radius 1 is 1.13 bits per heavy atom. The van der Waals surface area contributed by atoms with Crippen LogP contribution in [0.4, 0.5) is 5.69 Å². The van der Waals surface area contributed by atoms with Gasteiger partial charge in [0.05, 0.1) is 24.4 Å². The maximum atomic E-state index is 13.5. The average Bonchev–Trinajstić information content (AvgIpc) is 3.11. The van der Waals surface area contributed by atoms with Gasteiger partial charge >= 0.3 is 5.97 Å². The lowest BCUT2D eigenvalue weighted by Gasteiger charge is -2.27. The minimum atomic E-state index is -0.432. The number of ketones is 1. The number of fused-ring (bicyclic) bond motifs is 1. The standard InChI is InChI=1S/C28H36N4O5.BrH/c1-9-36-24-12-18-14-32(26(29)19(18)13-20(24)27(35)30-6)15-23(34)17-10-21(28(3,4)5)25(37-16(2)33)22(11-17)31(7)8;/h10-13,29H,9,14-15H2,1-8H3,(H,30,35);1H. The molecule has 1 aliphatic rings. The molecule has 0 unspecified atom stereocenters. The first kappa shape index (κ1) is 30.8. The second-order valence-electron chi connectivity index (χ2n) is 10.3. The van der Waals surface area contributed by atoms with Crippen LogP contribution in [0.3, 0.4) is 0 Å². The Morgan fingerprint density at radius 2 is 1.79 bits per heavy atom. The lowest BCUT2D eigenvalue weighted by molar-refractivity contribution is -0.131. The van der Waals surface area contributed by atoms with Crippen LogP contribution in [0.15, 0.2) is 24.3 Å². The van der Waals surface area contributed by atoms with Gasteiger partial charge in [-0.05, 0) is 42.2 Å². The molecule has 0 saturated heterocycles. The molecule has 1 amide bonds. The maximum Gasteiger partial charge on any atom is 0.308 e. The number of benzene rings is 2. The van der Waals surface area contributed by atoms with Crippen molar-refractivity contribution in [1.82, 2.24) is 10.2 Å². The first-order chi connectivity index (χ1) is 17.3. The van der Waals surface area contributed by atoms with Crippen molar-refractivity contribution in [2.45, 2.75) is 46.6 Å². The van der Waals surface area contributed by atoms with Gasteiger partial charge in [-0.25, -0.2) is 0 Å². The zero-order chi connectivity index (χ0) is 27.7. The summed E-state index contributed by atoms with van der Waals surface area (Å²) in [6, 6.07) is 6.93. The molecule has 38 heavy (non-hydrogen) atoms. The van der Waals surface area contributed by atoms with Gasteiger partial charge in [-0.15, -0.1) is 17.0 Å². The summed E-state index contributed by atoms with van der Waals surface area (Å²) >= 11 is 0. The van der Waals surface area contributed by atoms with Crippen molar-refractivity contribution in [3.63, 3.8) is 0 Å². The fraction of sp³-hybridized carbons (Fsp3) is 0.429. The Morgan fingerprint density at radius 3 is 2.32 bits per heavy atom. The van der Waals surface area contributed by atoms with Crippen molar-refractivity contribution in [1.29, 1.82) is 5.41 Å². The quantitative estimate of drug-likeness (QED) is 0.268. The average molecular weight is 590 g/mol. The van der Waals surface area contributed by atoms with Crippen LogP contribution < -0.4 is 19.7 Å². The number of amides is 1. The highest BCUT2D eigenvalue weighted by molar-refractivity contribution is 8.93. The van der Waals surface area contributed by atoms with E-state index in [9.17, 15) is 14.4 Å². The van der Waals surface area contributed by atoms with Crippen LogP contribution in [-0.4, -0.2) is 62.7 Å². The van der Waals surface area contributed by atoms with E-state index in [4.69, 9.17) is 14.9 Å². The number of rotatable bonds is 8. The highest BCUT2D eigenvalue weighted by atomic mass is 79.9. The topological polar surface area (TPSA) is 112 Å². The molecule has 0 bridgehead atoms. The van der Waals surface area contributed by atoms with Crippen molar-refractivity contribution in [3.05, 3.63) is 52.1 Å². The minimum absolute atomic E-state index is 0. The third-order valence-electron chi connectivity index (χ3n) is 6.17. The predicted octanol–water partition coefficient (Wildman–Crippen LogP) is 4.34. The number of carbonyl (C=O) groups is 3. The molecule has 0 radical (unpaired) electrons. The highest BCUT2D eigenvalue weighted by Gasteiger charge is 2.31. The first-order valence-corrected chi connectivity index (χ1v) is 12.2. The van der Waals surface area contributed by atoms with Gasteiger partial charge in [-0.1, -0.05) is 20.8 Å². The van der Waals surface area contributed by atoms with Crippen LogP contribution >= 0.6 is 17.0 Å². The van der Waals surface area contributed by atoms with E-state index in [0.29, 0.717) is 47.0 Å². The second-order valence-corrected chi connectivity index (χ2v) is 10.3. The second kappa shape index (κ2) is 12.0. The molecule has 10 heteroatoms. The number of nitrogens with zero attached hydrogens (tertiary/aromatic N) is 2. The van der Waals surface area contributed by atoms with Crippen LogP contribution in [-0.2, 0) is 16.8 Å². The largest absolute Gasteiger partial charge is 0.493 e. The molecule has 9 nitrogen and oxygen atoms in total. The van der Waals surface area contributed by atoms with E-state index in [-0.39, 0.29) is 41.1 Å². The van der Waals surface area contributed by atoms with Gasteiger partial charge in [0.15, 0.2) is 11.5 Å². The number of ether oxygens (including phenoxy) is 2. The lowest BCUT2D eigenvalue weighted by atomic mass is 9.84. The fourth-order valence-electron chi connectivity index (χ4n) is 4.33. The molecule has 2 aromatic rings. The van der Waals surface area contributed by atoms with Crippen molar-refractivity contribution < 1.29 is 23.9 Å². The van der Waals surface area contributed by atoms with Gasteiger partial charge < -0.3 is 24.6 Å². The number of anilines is 1. The highest BCUT2D eigenvalue weighted by Crippen LogP contribution is 2.40. The Hall–Kier alpha value is -3.40. The van der Waals surface area contributed by atoms with E-state index >= 15 is 0 Å². The third kappa shape index (κ3) is 6.35. The van der Waals surface area contributed by atoms with Crippen molar-refractivity contribution in [2.24, 2.45) is 0 Å². The van der Waals surface area contributed by atoms with E-state index in [0.717, 1.165) is 11.1 Å². The number of esters is 1. The molecule has 2 aromatic carbocycles. The summed E-state index contributed by atoms with van der Waals surface area (Å²) in [5.74, 6) is 0.168. The Labute approximate surface area is 234 Å². The Kier molecular flexibility index (Phi) is 9.72. The smallest absolute Gasteiger partial charge is 0.308 e. The minimum Gasteiger partial charge on any atom is -0.493 e. The molecule has 0 atom stereocenters. The number of Topliss-reactive ketones (excluding diaryl/α,β-unsaturated/α-hetero) is 1. The number of nitrogens with one attached hydrogen (secondary N) is 2. The summed E-state index contributed by atoms with van der Waals surface area (Å²) in [5.41, 5.74) is 3.22. The van der Waals surface area contributed by atoms with E-state index in [2.05, 4.69) is 5.32 Å². The summed E-state index contributed by atoms with van der Waals surface area (Å²) in [5, 5.41) is 11.3. The molecule has 1 heterocycles. The van der Waals surface area contributed by atoms with Crippen LogP contribution in [0, 0.1) is 5.41 Å². The van der Waals surface area contributed by atoms with Gasteiger partial charge in [-0.3, -0.25) is 19.8 Å². The van der Waals surface area contributed by atoms with Gasteiger partial charge in [0.25, 0.3) is 5.91 Å². The predicted molar refractivity (Wildman–Crippen MR) is 154 cm³/mol. The normalized spacial score (nSPS) is 12.4. The van der Waals surface area contributed by atoms with Gasteiger partial charge in [0.2, 0.25) is 0 Å². The van der Waals surface area contributed by atoms with Gasteiger partial charge in [-0.2, -0.15) is 0 Å². The number of hydrogen-bond donors (Lipinski definition) is 2. The van der Waals surface area contributed by atoms with E-state index < -0.39 is 11.4 Å². The molecule has 2 N–H and O–H groups in total. The Balaban J connectivity index is 0.00000507. The maximum absolute atomic E-state index is 13.5. The van der Waals surface area contributed by atoms with E-state index in [1.165, 1.54) is 6.92 Å². The van der Waals surface area contributed by atoms with Crippen molar-refractivity contribution in [3.8, 4) is 11.5 Å². The molecule has 0 aliphatic carbocycles. The molecule has 206 valence electrons. The van der Waals surface area contributed by atoms with Gasteiger partial charge in [0, 0.05) is 51.3 Å². The third-order valence-corrected chi connectivity index (χ3v) is 6.17. The lowest BCUT2D eigenvalue weighted by Crippen LogP contribution is -2.30. The molecule has 0 aromatic heterocycles. The zero-order valence-electron chi connectivity index (χ0n) is 23.3. The van der Waals surface area contributed by atoms with Crippen LogP contribution in [0.5, 0.6) is 11.5 Å². The zero-order valence-corrected chi connectivity index (χ0v) is 25.0. The number of hydrogen-bond acceptors (Lipinski definition) is 7. The molecular weight excluding hydrogens is 552 g/mol. The summed E-state index contributed by atoms with van der Waals surface area (Å²) < 4.78 is 11.2. The number of halogens is 1. The molecule has 1 aliphatic heterocycles. The van der Waals surface area contributed by atoms with Gasteiger partial charge in [0.1, 0.15) is 11.6 Å². The SMILES string of the molecule is Br.CCOc1cc2c(cc1C(=O)NC)C(=N)N(CC(=O)c1cc(N(C)C)c(OC(C)=O)c(C(C)(C)C)c1)C2. The molecule has 0 spiro atoms. The Bertz CT molecular complexity index is 1270. The molecular formula is C28H37BrN4O5. The number of amidine groups is 1. The summed E-state index contributed by atoms with van der Waals surface area (Å²) in [6.45, 7) is 9.92.